The Kier molecular flexibility index (Phi) is 5.71. The topological polar surface area (TPSA) is 104 Å². The SMILES string of the molecule is COc1ccc(-c2nnc([C@@H](C)OC(=O)C[C@@H]3Sc4ccccc4NC3=O)o2)cc1. The number of fused-ring (bicyclic) bond motifs is 1. The van der Waals surface area contributed by atoms with Crippen molar-refractivity contribution < 1.29 is 23.5 Å². The molecule has 0 bridgehead atoms. The zero-order valence-electron chi connectivity index (χ0n) is 16.3. The van der Waals surface area contributed by atoms with E-state index in [1.807, 2.05) is 24.3 Å². The summed E-state index contributed by atoms with van der Waals surface area (Å²) in [6, 6.07) is 14.6. The van der Waals surface area contributed by atoms with Crippen molar-refractivity contribution >= 4 is 29.3 Å². The number of amides is 1. The van der Waals surface area contributed by atoms with Crippen molar-refractivity contribution in [2.24, 2.45) is 0 Å². The molecule has 0 saturated heterocycles. The number of para-hydroxylation sites is 1. The van der Waals surface area contributed by atoms with Crippen molar-refractivity contribution in [3.05, 3.63) is 54.4 Å². The molecule has 8 nitrogen and oxygen atoms in total. The minimum atomic E-state index is -0.735. The van der Waals surface area contributed by atoms with Gasteiger partial charge in [-0.3, -0.25) is 9.59 Å². The van der Waals surface area contributed by atoms with E-state index in [1.54, 1.807) is 38.3 Å². The van der Waals surface area contributed by atoms with Gasteiger partial charge < -0.3 is 19.2 Å². The molecule has 0 saturated carbocycles. The number of hydrogen-bond acceptors (Lipinski definition) is 8. The zero-order chi connectivity index (χ0) is 21.1. The van der Waals surface area contributed by atoms with E-state index in [-0.39, 0.29) is 18.2 Å². The number of ether oxygens (including phenoxy) is 2. The Labute approximate surface area is 177 Å². The highest BCUT2D eigenvalue weighted by atomic mass is 32.2. The number of nitrogens with one attached hydrogen (secondary N) is 1. The fraction of sp³-hybridized carbons (Fsp3) is 0.238. The molecular weight excluding hydrogens is 406 g/mol. The minimum Gasteiger partial charge on any atom is -0.497 e. The maximum absolute atomic E-state index is 12.4. The maximum Gasteiger partial charge on any atom is 0.308 e. The summed E-state index contributed by atoms with van der Waals surface area (Å²) in [6.45, 7) is 1.65. The fourth-order valence-electron chi connectivity index (χ4n) is 2.92. The van der Waals surface area contributed by atoms with Gasteiger partial charge in [0.05, 0.1) is 24.5 Å². The summed E-state index contributed by atoms with van der Waals surface area (Å²) in [6.07, 6.45) is -0.796. The molecule has 1 amide bonds. The number of thioether (sulfide) groups is 1. The number of rotatable bonds is 6. The van der Waals surface area contributed by atoms with Gasteiger partial charge in [0.25, 0.3) is 5.89 Å². The van der Waals surface area contributed by atoms with Crippen LogP contribution in [0.4, 0.5) is 5.69 Å². The zero-order valence-corrected chi connectivity index (χ0v) is 17.1. The van der Waals surface area contributed by atoms with Gasteiger partial charge in [-0.2, -0.15) is 0 Å². The summed E-state index contributed by atoms with van der Waals surface area (Å²) in [5, 5.41) is 10.2. The van der Waals surface area contributed by atoms with Crippen molar-refractivity contribution in [1.29, 1.82) is 0 Å². The predicted molar refractivity (Wildman–Crippen MR) is 110 cm³/mol. The Morgan fingerprint density at radius 1 is 1.20 bits per heavy atom. The lowest BCUT2D eigenvalue weighted by Crippen LogP contribution is -2.31. The molecule has 1 aliphatic rings. The monoisotopic (exact) mass is 425 g/mol. The molecule has 1 N–H and O–H groups in total. The van der Waals surface area contributed by atoms with Crippen molar-refractivity contribution in [3.63, 3.8) is 0 Å². The molecule has 154 valence electrons. The van der Waals surface area contributed by atoms with E-state index >= 15 is 0 Å². The summed E-state index contributed by atoms with van der Waals surface area (Å²) in [7, 11) is 1.59. The van der Waals surface area contributed by atoms with Gasteiger partial charge in [0.15, 0.2) is 6.10 Å². The second-order valence-corrected chi connectivity index (χ2v) is 7.85. The molecule has 9 heteroatoms. The summed E-state index contributed by atoms with van der Waals surface area (Å²) >= 11 is 1.35. The summed E-state index contributed by atoms with van der Waals surface area (Å²) < 4.78 is 16.2. The highest BCUT2D eigenvalue weighted by molar-refractivity contribution is 8.01. The summed E-state index contributed by atoms with van der Waals surface area (Å²) in [5.41, 5.74) is 1.48. The van der Waals surface area contributed by atoms with Gasteiger partial charge >= 0.3 is 5.97 Å². The van der Waals surface area contributed by atoms with E-state index in [0.29, 0.717) is 11.6 Å². The van der Waals surface area contributed by atoms with Crippen LogP contribution >= 0.6 is 11.8 Å². The minimum absolute atomic E-state index is 0.0609. The first-order chi connectivity index (χ1) is 14.5. The molecule has 0 fully saturated rings. The lowest BCUT2D eigenvalue weighted by atomic mass is 10.2. The highest BCUT2D eigenvalue weighted by Gasteiger charge is 2.30. The molecule has 3 aromatic rings. The third-order valence-corrected chi connectivity index (χ3v) is 5.77. The van der Waals surface area contributed by atoms with Crippen LogP contribution in [0.3, 0.4) is 0 Å². The number of hydrogen-bond donors (Lipinski definition) is 1. The Morgan fingerprint density at radius 2 is 1.97 bits per heavy atom. The van der Waals surface area contributed by atoms with Gasteiger partial charge in [-0.05, 0) is 43.3 Å². The van der Waals surface area contributed by atoms with Crippen LogP contribution in [-0.4, -0.2) is 34.4 Å². The second-order valence-electron chi connectivity index (χ2n) is 6.60. The van der Waals surface area contributed by atoms with E-state index in [4.69, 9.17) is 13.9 Å². The van der Waals surface area contributed by atoms with Crippen LogP contribution in [0.2, 0.25) is 0 Å². The number of aromatic nitrogens is 2. The van der Waals surface area contributed by atoms with Crippen LogP contribution in [0.15, 0.2) is 57.8 Å². The Morgan fingerprint density at radius 3 is 2.73 bits per heavy atom. The van der Waals surface area contributed by atoms with Crippen molar-refractivity contribution in [2.45, 2.75) is 29.6 Å². The standard InChI is InChI=1S/C21H19N3O5S/c1-12(20-23-24-21(29-20)13-7-9-14(27-2)10-8-13)28-18(25)11-17-19(26)22-15-5-3-4-6-16(15)30-17/h3-10,12,17H,11H2,1-2H3,(H,22,26)/t12-,17+/m1/s1. The van der Waals surface area contributed by atoms with Gasteiger partial charge in [0.2, 0.25) is 11.8 Å². The van der Waals surface area contributed by atoms with Crippen molar-refractivity contribution in [3.8, 4) is 17.2 Å². The number of anilines is 1. The first-order valence-electron chi connectivity index (χ1n) is 9.27. The smallest absolute Gasteiger partial charge is 0.308 e. The van der Waals surface area contributed by atoms with E-state index in [1.165, 1.54) is 11.8 Å². The number of benzene rings is 2. The lowest BCUT2D eigenvalue weighted by Gasteiger charge is -2.23. The lowest BCUT2D eigenvalue weighted by molar-refractivity contribution is -0.150. The predicted octanol–water partition coefficient (Wildman–Crippen LogP) is 3.85. The molecule has 2 aromatic carbocycles. The Hall–Kier alpha value is -3.33. The average Bonchev–Trinajstić information content (AvgIpc) is 3.25. The molecule has 0 unspecified atom stereocenters. The first-order valence-corrected chi connectivity index (χ1v) is 10.2. The number of nitrogens with zero attached hydrogens (tertiary/aromatic N) is 2. The molecule has 0 spiro atoms. The average molecular weight is 425 g/mol. The molecule has 4 rings (SSSR count). The van der Waals surface area contributed by atoms with E-state index in [9.17, 15) is 9.59 Å². The molecule has 0 radical (unpaired) electrons. The number of carbonyl (C=O) groups is 2. The van der Waals surface area contributed by atoms with Gasteiger partial charge in [0, 0.05) is 10.5 Å². The summed E-state index contributed by atoms with van der Waals surface area (Å²) in [4.78, 5) is 25.6. The van der Waals surface area contributed by atoms with E-state index < -0.39 is 17.3 Å². The van der Waals surface area contributed by atoms with E-state index in [0.717, 1.165) is 16.1 Å². The second kappa shape index (κ2) is 8.58. The summed E-state index contributed by atoms with van der Waals surface area (Å²) in [5.74, 6) is 0.476. The highest BCUT2D eigenvalue weighted by Crippen LogP contribution is 2.37. The molecule has 0 aliphatic carbocycles. The quantitative estimate of drug-likeness (QED) is 0.594. The van der Waals surface area contributed by atoms with E-state index in [2.05, 4.69) is 15.5 Å². The maximum atomic E-state index is 12.4. The van der Waals surface area contributed by atoms with Gasteiger partial charge in [-0.25, -0.2) is 0 Å². The molecule has 2 atom stereocenters. The Balaban J connectivity index is 1.37. The number of esters is 1. The fourth-order valence-corrected chi connectivity index (χ4v) is 4.02. The van der Waals surface area contributed by atoms with Gasteiger partial charge in [-0.1, -0.05) is 12.1 Å². The molecule has 2 heterocycles. The van der Waals surface area contributed by atoms with Crippen LogP contribution in [-0.2, 0) is 14.3 Å². The number of carbonyl (C=O) groups excluding carboxylic acids is 2. The third-order valence-electron chi connectivity index (χ3n) is 4.49. The molecule has 1 aromatic heterocycles. The van der Waals surface area contributed by atoms with Crippen molar-refractivity contribution in [1.82, 2.24) is 10.2 Å². The molecule has 1 aliphatic heterocycles. The van der Waals surface area contributed by atoms with Crippen LogP contribution in [0.5, 0.6) is 5.75 Å². The van der Waals surface area contributed by atoms with Crippen LogP contribution in [0.25, 0.3) is 11.5 Å². The largest absolute Gasteiger partial charge is 0.497 e. The van der Waals surface area contributed by atoms with Crippen LogP contribution < -0.4 is 10.1 Å². The van der Waals surface area contributed by atoms with Crippen LogP contribution in [0, 0.1) is 0 Å². The van der Waals surface area contributed by atoms with Gasteiger partial charge in [-0.15, -0.1) is 22.0 Å². The van der Waals surface area contributed by atoms with Crippen molar-refractivity contribution in [2.75, 3.05) is 12.4 Å². The first kappa shape index (κ1) is 20.0. The molecule has 30 heavy (non-hydrogen) atoms. The third kappa shape index (κ3) is 4.30. The number of methoxy groups -OCH3 is 1. The molecular formula is C21H19N3O5S. The van der Waals surface area contributed by atoms with Crippen LogP contribution in [0.1, 0.15) is 25.3 Å². The van der Waals surface area contributed by atoms with Gasteiger partial charge in [0.1, 0.15) is 5.75 Å². The normalized spacial score (nSPS) is 16.3. The Bertz CT molecular complexity index is 1070.